The molecule has 110 valence electrons. The zero-order valence-electron chi connectivity index (χ0n) is 12.0. The van der Waals surface area contributed by atoms with Crippen molar-refractivity contribution < 1.29 is 14.3 Å². The summed E-state index contributed by atoms with van der Waals surface area (Å²) in [5.74, 6) is 0.563. The number of hydrogen-bond donors (Lipinski definition) is 1. The summed E-state index contributed by atoms with van der Waals surface area (Å²) in [5.41, 5.74) is 2.08. The number of esters is 1. The van der Waals surface area contributed by atoms with Crippen LogP contribution < -0.4 is 10.1 Å². The van der Waals surface area contributed by atoms with Crippen molar-refractivity contribution in [2.75, 3.05) is 13.7 Å². The van der Waals surface area contributed by atoms with E-state index < -0.39 is 0 Å². The summed E-state index contributed by atoms with van der Waals surface area (Å²) in [5, 5.41) is 3.06. The zero-order valence-corrected chi connectivity index (χ0v) is 12.0. The topological polar surface area (TPSA) is 47.6 Å². The SMILES string of the molecule is COc1ccc(CNCC(=O)OCc2ccccc2)cc1. The Kier molecular flexibility index (Phi) is 5.79. The molecule has 0 aliphatic carbocycles. The number of ether oxygens (including phenoxy) is 2. The van der Waals surface area contributed by atoms with E-state index in [1.165, 1.54) is 0 Å². The predicted molar refractivity (Wildman–Crippen MR) is 80.9 cm³/mol. The third-order valence-electron chi connectivity index (χ3n) is 3.00. The largest absolute Gasteiger partial charge is 0.497 e. The minimum atomic E-state index is -0.257. The van der Waals surface area contributed by atoms with Gasteiger partial charge in [0.2, 0.25) is 0 Å². The van der Waals surface area contributed by atoms with Gasteiger partial charge in [0, 0.05) is 6.54 Å². The second kappa shape index (κ2) is 8.07. The highest BCUT2D eigenvalue weighted by Gasteiger charge is 2.03. The Balaban J connectivity index is 1.66. The lowest BCUT2D eigenvalue weighted by atomic mass is 10.2. The molecular weight excluding hydrogens is 266 g/mol. The average Bonchev–Trinajstić information content (AvgIpc) is 2.54. The van der Waals surface area contributed by atoms with Crippen LogP contribution in [-0.4, -0.2) is 19.6 Å². The minimum Gasteiger partial charge on any atom is -0.497 e. The average molecular weight is 285 g/mol. The Morgan fingerprint density at radius 2 is 1.71 bits per heavy atom. The number of benzene rings is 2. The summed E-state index contributed by atoms with van der Waals surface area (Å²) < 4.78 is 10.3. The molecule has 0 saturated heterocycles. The minimum absolute atomic E-state index is 0.193. The van der Waals surface area contributed by atoms with Crippen molar-refractivity contribution in [1.29, 1.82) is 0 Å². The first-order valence-corrected chi connectivity index (χ1v) is 6.81. The van der Waals surface area contributed by atoms with E-state index in [1.54, 1.807) is 7.11 Å². The highest BCUT2D eigenvalue weighted by molar-refractivity contribution is 5.71. The van der Waals surface area contributed by atoms with Gasteiger partial charge in [-0.05, 0) is 23.3 Å². The first kappa shape index (κ1) is 15.1. The maximum atomic E-state index is 11.6. The molecule has 0 aliphatic rings. The number of carbonyl (C=O) groups excluding carboxylic acids is 1. The first-order chi connectivity index (χ1) is 10.3. The second-order valence-corrected chi connectivity index (χ2v) is 4.60. The molecule has 0 amide bonds. The van der Waals surface area contributed by atoms with Gasteiger partial charge in [-0.3, -0.25) is 4.79 Å². The first-order valence-electron chi connectivity index (χ1n) is 6.81. The Hall–Kier alpha value is -2.33. The quantitative estimate of drug-likeness (QED) is 0.794. The Morgan fingerprint density at radius 1 is 1.00 bits per heavy atom. The van der Waals surface area contributed by atoms with E-state index in [-0.39, 0.29) is 12.5 Å². The van der Waals surface area contributed by atoms with Crippen LogP contribution in [0.15, 0.2) is 54.6 Å². The molecule has 0 heterocycles. The second-order valence-electron chi connectivity index (χ2n) is 4.60. The van der Waals surface area contributed by atoms with Crippen LogP contribution in [-0.2, 0) is 22.7 Å². The zero-order chi connectivity index (χ0) is 14.9. The summed E-state index contributed by atoms with van der Waals surface area (Å²) in [7, 11) is 1.63. The summed E-state index contributed by atoms with van der Waals surface area (Å²) in [6.45, 7) is 1.12. The van der Waals surface area contributed by atoms with Gasteiger partial charge >= 0.3 is 5.97 Å². The highest BCUT2D eigenvalue weighted by atomic mass is 16.5. The molecule has 0 radical (unpaired) electrons. The van der Waals surface area contributed by atoms with Crippen molar-refractivity contribution in [3.05, 3.63) is 65.7 Å². The molecule has 0 aliphatic heterocycles. The van der Waals surface area contributed by atoms with Gasteiger partial charge in [-0.25, -0.2) is 0 Å². The van der Waals surface area contributed by atoms with Gasteiger partial charge in [0.25, 0.3) is 0 Å². The summed E-state index contributed by atoms with van der Waals surface area (Å²) in [6.07, 6.45) is 0. The molecular formula is C17H19NO3. The molecule has 0 bridgehead atoms. The normalized spacial score (nSPS) is 10.1. The summed E-state index contributed by atoms with van der Waals surface area (Å²) >= 11 is 0. The molecule has 0 saturated carbocycles. The maximum Gasteiger partial charge on any atom is 0.320 e. The van der Waals surface area contributed by atoms with Gasteiger partial charge in [0.15, 0.2) is 0 Å². The Labute approximate surface area is 124 Å². The Bertz CT molecular complexity index is 552. The molecule has 2 aromatic carbocycles. The summed E-state index contributed by atoms with van der Waals surface area (Å²) in [4.78, 5) is 11.6. The molecule has 0 fully saturated rings. The van der Waals surface area contributed by atoms with Gasteiger partial charge < -0.3 is 14.8 Å². The van der Waals surface area contributed by atoms with Gasteiger partial charge in [0.05, 0.1) is 13.7 Å². The van der Waals surface area contributed by atoms with Crippen LogP contribution in [0.4, 0.5) is 0 Å². The highest BCUT2D eigenvalue weighted by Crippen LogP contribution is 2.10. The van der Waals surface area contributed by atoms with Crippen molar-refractivity contribution in [3.63, 3.8) is 0 Å². The number of carbonyl (C=O) groups is 1. The fourth-order valence-corrected chi connectivity index (χ4v) is 1.84. The number of methoxy groups -OCH3 is 1. The molecule has 0 unspecified atom stereocenters. The molecule has 1 N–H and O–H groups in total. The van der Waals surface area contributed by atoms with Crippen LogP contribution in [0.25, 0.3) is 0 Å². The summed E-state index contributed by atoms with van der Waals surface area (Å²) in [6, 6.07) is 17.3. The third kappa shape index (κ3) is 5.28. The van der Waals surface area contributed by atoms with Gasteiger partial charge in [-0.15, -0.1) is 0 Å². The standard InChI is InChI=1S/C17H19NO3/c1-20-16-9-7-14(8-10-16)11-18-12-17(19)21-13-15-5-3-2-4-6-15/h2-10,18H,11-13H2,1H3. The lowest BCUT2D eigenvalue weighted by Gasteiger charge is -2.07. The van der Waals surface area contributed by atoms with Crippen LogP contribution in [0, 0.1) is 0 Å². The van der Waals surface area contributed by atoms with E-state index >= 15 is 0 Å². The van der Waals surface area contributed by atoms with Gasteiger partial charge in [-0.1, -0.05) is 42.5 Å². The molecule has 0 atom stereocenters. The van der Waals surface area contributed by atoms with E-state index in [1.807, 2.05) is 54.6 Å². The smallest absolute Gasteiger partial charge is 0.320 e. The Morgan fingerprint density at radius 3 is 2.38 bits per heavy atom. The van der Waals surface area contributed by atoms with E-state index in [4.69, 9.17) is 9.47 Å². The molecule has 2 rings (SSSR count). The van der Waals surface area contributed by atoms with Gasteiger partial charge in [0.1, 0.15) is 12.4 Å². The molecule has 0 aromatic heterocycles. The van der Waals surface area contributed by atoms with Crippen molar-refractivity contribution in [2.24, 2.45) is 0 Å². The van der Waals surface area contributed by atoms with Crippen LogP contribution >= 0.6 is 0 Å². The van der Waals surface area contributed by atoms with Crippen LogP contribution in [0.5, 0.6) is 5.75 Å². The van der Waals surface area contributed by atoms with E-state index in [2.05, 4.69) is 5.32 Å². The monoisotopic (exact) mass is 285 g/mol. The molecule has 4 nitrogen and oxygen atoms in total. The maximum absolute atomic E-state index is 11.6. The fraction of sp³-hybridized carbons (Fsp3) is 0.235. The van der Waals surface area contributed by atoms with E-state index in [0.29, 0.717) is 13.2 Å². The van der Waals surface area contributed by atoms with Crippen molar-refractivity contribution in [1.82, 2.24) is 5.32 Å². The van der Waals surface area contributed by atoms with Crippen molar-refractivity contribution >= 4 is 5.97 Å². The molecule has 0 spiro atoms. The fourth-order valence-electron chi connectivity index (χ4n) is 1.84. The molecule has 2 aromatic rings. The van der Waals surface area contributed by atoms with Gasteiger partial charge in [-0.2, -0.15) is 0 Å². The number of hydrogen-bond acceptors (Lipinski definition) is 4. The van der Waals surface area contributed by atoms with E-state index in [9.17, 15) is 4.79 Å². The van der Waals surface area contributed by atoms with Crippen LogP contribution in [0.2, 0.25) is 0 Å². The number of nitrogens with one attached hydrogen (secondary N) is 1. The predicted octanol–water partition coefficient (Wildman–Crippen LogP) is 2.53. The molecule has 4 heteroatoms. The van der Waals surface area contributed by atoms with Crippen LogP contribution in [0.3, 0.4) is 0 Å². The lowest BCUT2D eigenvalue weighted by Crippen LogP contribution is -2.24. The lowest BCUT2D eigenvalue weighted by molar-refractivity contribution is -0.143. The third-order valence-corrected chi connectivity index (χ3v) is 3.00. The van der Waals surface area contributed by atoms with Crippen molar-refractivity contribution in [2.45, 2.75) is 13.2 Å². The van der Waals surface area contributed by atoms with Crippen LogP contribution in [0.1, 0.15) is 11.1 Å². The van der Waals surface area contributed by atoms with Crippen molar-refractivity contribution in [3.8, 4) is 5.75 Å². The molecule has 21 heavy (non-hydrogen) atoms. The van der Waals surface area contributed by atoms with E-state index in [0.717, 1.165) is 16.9 Å². The number of rotatable bonds is 7.